The van der Waals surface area contributed by atoms with E-state index in [1.165, 1.54) is 11.8 Å². The Bertz CT molecular complexity index is 1190. The van der Waals surface area contributed by atoms with Crippen molar-refractivity contribution in [1.82, 2.24) is 10.1 Å². The lowest BCUT2D eigenvalue weighted by atomic mass is 10.2. The fourth-order valence-corrected chi connectivity index (χ4v) is 3.83. The van der Waals surface area contributed by atoms with Crippen LogP contribution in [0.5, 0.6) is 11.5 Å². The van der Waals surface area contributed by atoms with Gasteiger partial charge < -0.3 is 14.6 Å². The highest BCUT2D eigenvalue weighted by Gasteiger charge is 2.13. The van der Waals surface area contributed by atoms with Crippen molar-refractivity contribution < 1.29 is 14.1 Å². The molecule has 0 saturated carbocycles. The normalized spacial score (nSPS) is 10.6. The molecule has 4 rings (SSSR count). The maximum atomic E-state index is 12.9. The van der Waals surface area contributed by atoms with Gasteiger partial charge in [-0.15, -0.1) is 11.8 Å². The monoisotopic (exact) mass is 431 g/mol. The third-order valence-corrected chi connectivity index (χ3v) is 5.45. The van der Waals surface area contributed by atoms with Gasteiger partial charge in [-0.3, -0.25) is 4.79 Å². The van der Waals surface area contributed by atoms with Crippen LogP contribution >= 0.6 is 11.8 Å². The lowest BCUT2D eigenvalue weighted by molar-refractivity contribution is 0.102. The molecule has 0 radical (unpaired) electrons. The molecule has 1 N–H and O–H groups in total. The third-order valence-electron chi connectivity index (χ3n) is 4.39. The fourth-order valence-electron chi connectivity index (χ4n) is 2.94. The predicted octanol–water partition coefficient (Wildman–Crippen LogP) is 6.02. The van der Waals surface area contributed by atoms with Crippen molar-refractivity contribution >= 4 is 23.4 Å². The molecule has 0 bridgehead atoms. The average Bonchev–Trinajstić information content (AvgIpc) is 3.19. The van der Waals surface area contributed by atoms with Crippen molar-refractivity contribution in [3.63, 3.8) is 0 Å². The zero-order chi connectivity index (χ0) is 21.6. The molecule has 0 fully saturated rings. The lowest BCUT2D eigenvalue weighted by Crippen LogP contribution is -2.12. The summed E-state index contributed by atoms with van der Waals surface area (Å²) in [6, 6.07) is 22.6. The van der Waals surface area contributed by atoms with E-state index in [9.17, 15) is 4.79 Å². The number of hydrogen-bond acceptors (Lipinski definition) is 6. The molecule has 0 aliphatic carbocycles. The minimum absolute atomic E-state index is 0.183. The van der Waals surface area contributed by atoms with Crippen molar-refractivity contribution in [2.45, 2.75) is 24.5 Å². The number of benzene rings is 3. The summed E-state index contributed by atoms with van der Waals surface area (Å²) in [6.07, 6.45) is 0. The van der Waals surface area contributed by atoms with Gasteiger partial charge in [0.1, 0.15) is 11.5 Å². The molecule has 1 aromatic heterocycles. The molecule has 0 aliphatic rings. The number of nitrogens with one attached hydrogen (secondary N) is 1. The Morgan fingerprint density at radius 1 is 1.00 bits per heavy atom. The molecule has 1 heterocycles. The number of aryl methyl sites for hydroxylation is 2. The van der Waals surface area contributed by atoms with Gasteiger partial charge in [0, 0.05) is 10.6 Å². The van der Waals surface area contributed by atoms with Gasteiger partial charge in [-0.25, -0.2) is 0 Å². The predicted molar refractivity (Wildman–Crippen MR) is 121 cm³/mol. The summed E-state index contributed by atoms with van der Waals surface area (Å²) in [6.45, 7) is 3.79. The van der Waals surface area contributed by atoms with Gasteiger partial charge in [-0.1, -0.05) is 29.4 Å². The SMILES string of the molecule is Cc1cccc(Oc2ccc(NC(=O)c3ccccc3SCc3nc(C)no3)cc2)c1. The quantitative estimate of drug-likeness (QED) is 0.360. The average molecular weight is 432 g/mol. The standard InChI is InChI=1S/C24H21N3O3S/c1-16-6-5-7-20(14-16)29-19-12-10-18(11-13-19)26-24(28)21-8-3-4-9-22(21)31-15-23-25-17(2)27-30-23/h3-14H,15H2,1-2H3,(H,26,28). The molecule has 3 aromatic carbocycles. The first-order valence-electron chi connectivity index (χ1n) is 9.74. The van der Waals surface area contributed by atoms with E-state index in [-0.39, 0.29) is 5.91 Å². The first-order chi connectivity index (χ1) is 15.1. The van der Waals surface area contributed by atoms with Crippen molar-refractivity contribution in [2.24, 2.45) is 0 Å². The van der Waals surface area contributed by atoms with E-state index < -0.39 is 0 Å². The van der Waals surface area contributed by atoms with Crippen LogP contribution in [0.2, 0.25) is 0 Å². The van der Waals surface area contributed by atoms with Crippen LogP contribution in [0.15, 0.2) is 82.2 Å². The van der Waals surface area contributed by atoms with E-state index in [2.05, 4.69) is 15.5 Å². The van der Waals surface area contributed by atoms with Crippen LogP contribution < -0.4 is 10.1 Å². The Labute approximate surface area is 184 Å². The minimum atomic E-state index is -0.183. The number of ether oxygens (including phenoxy) is 1. The molecule has 156 valence electrons. The van der Waals surface area contributed by atoms with Crippen LogP contribution in [0.4, 0.5) is 5.69 Å². The summed E-state index contributed by atoms with van der Waals surface area (Å²) in [5, 5.41) is 6.73. The van der Waals surface area contributed by atoms with Crippen LogP contribution in [-0.4, -0.2) is 16.0 Å². The summed E-state index contributed by atoms with van der Waals surface area (Å²) in [7, 11) is 0. The fraction of sp³-hybridized carbons (Fsp3) is 0.125. The number of thioether (sulfide) groups is 1. The molecule has 7 heteroatoms. The van der Waals surface area contributed by atoms with E-state index >= 15 is 0 Å². The molecule has 1 amide bonds. The Hall–Kier alpha value is -3.58. The molecule has 31 heavy (non-hydrogen) atoms. The van der Waals surface area contributed by atoms with Gasteiger partial charge in [-0.2, -0.15) is 4.98 Å². The first-order valence-corrected chi connectivity index (χ1v) is 10.7. The second-order valence-electron chi connectivity index (χ2n) is 6.92. The molecule has 0 spiro atoms. The van der Waals surface area contributed by atoms with Gasteiger partial charge in [0.15, 0.2) is 5.82 Å². The number of anilines is 1. The smallest absolute Gasteiger partial charge is 0.256 e. The summed E-state index contributed by atoms with van der Waals surface area (Å²) in [5.41, 5.74) is 2.41. The second-order valence-corrected chi connectivity index (χ2v) is 7.93. The van der Waals surface area contributed by atoms with Gasteiger partial charge in [0.25, 0.3) is 5.91 Å². The van der Waals surface area contributed by atoms with Crippen molar-refractivity contribution in [3.05, 3.63) is 95.6 Å². The summed E-state index contributed by atoms with van der Waals surface area (Å²) < 4.78 is 11.0. The Morgan fingerprint density at radius 3 is 2.55 bits per heavy atom. The summed E-state index contributed by atoms with van der Waals surface area (Å²) in [4.78, 5) is 17.9. The van der Waals surface area contributed by atoms with Crippen LogP contribution in [0.25, 0.3) is 0 Å². The van der Waals surface area contributed by atoms with Crippen LogP contribution in [-0.2, 0) is 5.75 Å². The van der Waals surface area contributed by atoms with Crippen LogP contribution in [0, 0.1) is 13.8 Å². The zero-order valence-electron chi connectivity index (χ0n) is 17.2. The Kier molecular flexibility index (Phi) is 6.33. The van der Waals surface area contributed by atoms with Gasteiger partial charge in [0.05, 0.1) is 11.3 Å². The minimum Gasteiger partial charge on any atom is -0.457 e. The topological polar surface area (TPSA) is 77.2 Å². The molecular weight excluding hydrogens is 410 g/mol. The van der Waals surface area contributed by atoms with Crippen molar-refractivity contribution in [2.75, 3.05) is 5.32 Å². The number of amides is 1. The highest BCUT2D eigenvalue weighted by molar-refractivity contribution is 7.98. The molecule has 0 saturated heterocycles. The van der Waals surface area contributed by atoms with E-state index in [4.69, 9.17) is 9.26 Å². The maximum Gasteiger partial charge on any atom is 0.256 e. The second kappa shape index (κ2) is 9.49. The Balaban J connectivity index is 1.41. The van der Waals surface area contributed by atoms with Crippen molar-refractivity contribution in [1.29, 1.82) is 0 Å². The molecule has 0 aliphatic heterocycles. The maximum absolute atomic E-state index is 12.9. The van der Waals surface area contributed by atoms with Gasteiger partial charge in [-0.05, 0) is 67.9 Å². The molecule has 0 atom stereocenters. The highest BCUT2D eigenvalue weighted by atomic mass is 32.2. The number of carbonyl (C=O) groups is 1. The zero-order valence-corrected chi connectivity index (χ0v) is 18.0. The molecular formula is C24H21N3O3S. The highest BCUT2D eigenvalue weighted by Crippen LogP contribution is 2.27. The van der Waals surface area contributed by atoms with Crippen LogP contribution in [0.1, 0.15) is 27.6 Å². The molecule has 6 nitrogen and oxygen atoms in total. The summed E-state index contributed by atoms with van der Waals surface area (Å²) in [5.74, 6) is 2.92. The largest absolute Gasteiger partial charge is 0.457 e. The third kappa shape index (κ3) is 5.52. The van der Waals surface area contributed by atoms with Crippen LogP contribution in [0.3, 0.4) is 0 Å². The van der Waals surface area contributed by atoms with E-state index in [1.807, 2.05) is 73.7 Å². The number of rotatable bonds is 7. The molecule has 4 aromatic rings. The van der Waals surface area contributed by atoms with Crippen molar-refractivity contribution in [3.8, 4) is 11.5 Å². The van der Waals surface area contributed by atoms with Gasteiger partial charge in [0.2, 0.25) is 5.89 Å². The lowest BCUT2D eigenvalue weighted by Gasteiger charge is -2.10. The number of hydrogen-bond donors (Lipinski definition) is 1. The van der Waals surface area contributed by atoms with E-state index in [1.54, 1.807) is 13.0 Å². The number of aromatic nitrogens is 2. The first kappa shape index (κ1) is 20.7. The summed E-state index contributed by atoms with van der Waals surface area (Å²) >= 11 is 1.48. The van der Waals surface area contributed by atoms with E-state index in [0.29, 0.717) is 34.5 Å². The van der Waals surface area contributed by atoms with Gasteiger partial charge >= 0.3 is 0 Å². The van der Waals surface area contributed by atoms with E-state index in [0.717, 1.165) is 16.2 Å². The number of carbonyl (C=O) groups excluding carboxylic acids is 1. The molecule has 0 unspecified atom stereocenters. The Morgan fingerprint density at radius 2 is 1.81 bits per heavy atom. The number of nitrogens with zero attached hydrogens (tertiary/aromatic N) is 2.